The third kappa shape index (κ3) is 5.90. The van der Waals surface area contributed by atoms with Crippen LogP contribution >= 0.6 is 0 Å². The lowest BCUT2D eigenvalue weighted by atomic mass is 10.0. The van der Waals surface area contributed by atoms with Crippen molar-refractivity contribution in [1.82, 2.24) is 29.6 Å². The van der Waals surface area contributed by atoms with E-state index in [1.54, 1.807) is 68.2 Å². The number of alkyl halides is 1. The zero-order valence-electron chi connectivity index (χ0n) is 24.2. The molecule has 1 saturated heterocycles. The molecule has 2 aromatic carbocycles. The molecule has 5 aromatic rings. The number of hydrogen-bond acceptors (Lipinski definition) is 8. The Hall–Kier alpha value is -4.87. The molecule has 43 heavy (non-hydrogen) atoms. The molecule has 0 radical (unpaired) electrons. The lowest BCUT2D eigenvalue weighted by Gasteiger charge is -2.35. The van der Waals surface area contributed by atoms with Gasteiger partial charge in [-0.05, 0) is 62.7 Å². The van der Waals surface area contributed by atoms with E-state index >= 15 is 8.78 Å². The van der Waals surface area contributed by atoms with E-state index < -0.39 is 29.8 Å². The first kappa shape index (κ1) is 28.3. The second-order valence-electron chi connectivity index (χ2n) is 11.5. The fraction of sp³-hybridized carbons (Fsp3) is 0.323. The summed E-state index contributed by atoms with van der Waals surface area (Å²) < 4.78 is 44.5. The number of rotatable bonds is 5. The van der Waals surface area contributed by atoms with Gasteiger partial charge in [0, 0.05) is 43.4 Å². The molecule has 4 heterocycles. The van der Waals surface area contributed by atoms with E-state index in [2.05, 4.69) is 25.4 Å². The summed E-state index contributed by atoms with van der Waals surface area (Å²) >= 11 is 0. The van der Waals surface area contributed by atoms with Crippen molar-refractivity contribution in [1.29, 1.82) is 0 Å². The second-order valence-corrected chi connectivity index (χ2v) is 11.5. The number of carbonyl (C=O) groups excluding carboxylic acids is 1. The van der Waals surface area contributed by atoms with Gasteiger partial charge in [0.2, 0.25) is 0 Å². The highest BCUT2D eigenvalue weighted by atomic mass is 19.1. The van der Waals surface area contributed by atoms with E-state index in [1.807, 2.05) is 19.3 Å². The van der Waals surface area contributed by atoms with Crippen LogP contribution in [0.4, 0.5) is 25.1 Å². The van der Waals surface area contributed by atoms with Crippen molar-refractivity contribution >= 4 is 39.4 Å². The molecule has 0 spiro atoms. The Balaban J connectivity index is 1.37. The minimum Gasteiger partial charge on any atom is -0.486 e. The van der Waals surface area contributed by atoms with Gasteiger partial charge >= 0.3 is 6.09 Å². The average molecular weight is 588 g/mol. The van der Waals surface area contributed by atoms with E-state index in [9.17, 15) is 4.79 Å². The van der Waals surface area contributed by atoms with Crippen LogP contribution in [-0.4, -0.2) is 66.7 Å². The Morgan fingerprint density at radius 1 is 1.09 bits per heavy atom. The molecule has 2 unspecified atom stereocenters. The van der Waals surface area contributed by atoms with Crippen LogP contribution in [0.3, 0.4) is 0 Å². The number of aryl methyl sites for hydroxylation is 1. The van der Waals surface area contributed by atoms with Crippen LogP contribution in [-0.2, 0) is 11.8 Å². The Morgan fingerprint density at radius 3 is 2.67 bits per heavy atom. The molecule has 12 heteroatoms. The molecule has 1 amide bonds. The van der Waals surface area contributed by atoms with Gasteiger partial charge < -0.3 is 19.7 Å². The number of anilines is 2. The van der Waals surface area contributed by atoms with Crippen molar-refractivity contribution in [2.45, 2.75) is 45.1 Å². The molecule has 2 atom stereocenters. The molecule has 3 aromatic heterocycles. The first-order chi connectivity index (χ1) is 20.6. The Kier molecular flexibility index (Phi) is 7.28. The zero-order chi connectivity index (χ0) is 30.3. The van der Waals surface area contributed by atoms with Crippen molar-refractivity contribution in [2.75, 3.05) is 18.4 Å². The monoisotopic (exact) mass is 587 g/mol. The molecule has 1 fully saturated rings. The predicted octanol–water partition coefficient (Wildman–Crippen LogP) is 6.19. The van der Waals surface area contributed by atoms with Crippen LogP contribution in [0, 0.1) is 5.82 Å². The number of nitrogens with one attached hydrogen (secondary N) is 1. The molecular weight excluding hydrogens is 556 g/mol. The summed E-state index contributed by atoms with van der Waals surface area (Å²) in [6.45, 7) is 5.39. The molecule has 10 nitrogen and oxygen atoms in total. The molecule has 1 aliphatic rings. The van der Waals surface area contributed by atoms with Crippen LogP contribution in [0.1, 0.15) is 27.2 Å². The Morgan fingerprint density at radius 2 is 1.93 bits per heavy atom. The molecule has 222 valence electrons. The third-order valence-electron chi connectivity index (χ3n) is 7.12. The number of carbonyl (C=O) groups is 1. The summed E-state index contributed by atoms with van der Waals surface area (Å²) in [6.07, 6.45) is 3.87. The number of aromatic nitrogens is 5. The fourth-order valence-corrected chi connectivity index (χ4v) is 5.09. The number of pyridine rings is 1. The maximum Gasteiger partial charge on any atom is 0.410 e. The molecule has 0 bridgehead atoms. The zero-order valence-corrected chi connectivity index (χ0v) is 24.2. The van der Waals surface area contributed by atoms with Gasteiger partial charge in [-0.25, -0.2) is 23.5 Å². The van der Waals surface area contributed by atoms with Crippen LogP contribution < -0.4 is 10.1 Å². The van der Waals surface area contributed by atoms with Crippen LogP contribution in [0.15, 0.2) is 61.3 Å². The molecule has 6 rings (SSSR count). The van der Waals surface area contributed by atoms with Crippen molar-refractivity contribution in [2.24, 2.45) is 7.05 Å². The van der Waals surface area contributed by atoms with Crippen LogP contribution in [0.2, 0.25) is 0 Å². The predicted molar refractivity (Wildman–Crippen MR) is 158 cm³/mol. The maximum atomic E-state index is 15.6. The highest BCUT2D eigenvalue weighted by molar-refractivity contribution is 5.99. The van der Waals surface area contributed by atoms with Gasteiger partial charge in [-0.1, -0.05) is 0 Å². The SMILES string of the molecule is Cn1cc(-c2cc(OC3CCN(C(=O)OC(C)(C)C)CC3F)c3c(Nc4ccc5ncccc5c4F)ncnc3c2)cn1. The van der Waals surface area contributed by atoms with E-state index in [1.165, 1.54) is 11.2 Å². The molecule has 0 saturated carbocycles. The number of likely N-dealkylation sites (tertiary alicyclic amines) is 1. The number of benzene rings is 2. The lowest BCUT2D eigenvalue weighted by molar-refractivity contribution is -0.0102. The van der Waals surface area contributed by atoms with Gasteiger partial charge in [0.25, 0.3) is 0 Å². The molecule has 1 N–H and O–H groups in total. The fourth-order valence-electron chi connectivity index (χ4n) is 5.09. The quantitative estimate of drug-likeness (QED) is 0.260. The van der Waals surface area contributed by atoms with Crippen molar-refractivity contribution in [3.63, 3.8) is 0 Å². The van der Waals surface area contributed by atoms with E-state index in [-0.39, 0.29) is 25.2 Å². The van der Waals surface area contributed by atoms with Crippen molar-refractivity contribution < 1.29 is 23.0 Å². The summed E-state index contributed by atoms with van der Waals surface area (Å²) in [7, 11) is 1.81. The van der Waals surface area contributed by atoms with Crippen molar-refractivity contribution in [3.8, 4) is 16.9 Å². The first-order valence-electron chi connectivity index (χ1n) is 13.9. The normalized spacial score (nSPS) is 17.3. The summed E-state index contributed by atoms with van der Waals surface area (Å²) in [5.41, 5.74) is 2.11. The van der Waals surface area contributed by atoms with Gasteiger partial charge in [0.05, 0.1) is 34.8 Å². The van der Waals surface area contributed by atoms with Crippen LogP contribution in [0.25, 0.3) is 32.9 Å². The smallest absolute Gasteiger partial charge is 0.410 e. The lowest BCUT2D eigenvalue weighted by Crippen LogP contribution is -2.50. The van der Waals surface area contributed by atoms with Gasteiger partial charge in [-0.2, -0.15) is 5.10 Å². The van der Waals surface area contributed by atoms with E-state index in [0.717, 1.165) is 11.1 Å². The Bertz CT molecular complexity index is 1820. The number of hydrogen-bond donors (Lipinski definition) is 1. The molecular formula is C31H31F2N7O3. The first-order valence-corrected chi connectivity index (χ1v) is 13.9. The number of nitrogens with zero attached hydrogens (tertiary/aromatic N) is 6. The van der Waals surface area contributed by atoms with E-state index in [4.69, 9.17) is 9.47 Å². The molecule has 1 aliphatic heterocycles. The maximum absolute atomic E-state index is 15.6. The number of halogens is 2. The highest BCUT2D eigenvalue weighted by Crippen LogP contribution is 2.38. The minimum atomic E-state index is -1.48. The third-order valence-corrected chi connectivity index (χ3v) is 7.12. The standard InChI is InChI=1S/C31H31F2N7O3/c1-31(2,3)43-30(41)40-11-9-25(21(32)16-40)42-26-13-18(19-14-37-39(4)15-19)12-24-27(26)29(36-17-35-24)38-23-8-7-22-20(28(23)33)6-5-10-34-22/h5-8,10,12-15,17,21,25H,9,11,16H2,1-4H3,(H,35,36,38). The van der Waals surface area contributed by atoms with E-state index in [0.29, 0.717) is 33.4 Å². The van der Waals surface area contributed by atoms with Gasteiger partial charge in [-0.3, -0.25) is 9.67 Å². The van der Waals surface area contributed by atoms with Gasteiger partial charge in [0.15, 0.2) is 12.0 Å². The highest BCUT2D eigenvalue weighted by Gasteiger charge is 2.35. The number of amides is 1. The average Bonchev–Trinajstić information content (AvgIpc) is 3.41. The largest absolute Gasteiger partial charge is 0.486 e. The summed E-state index contributed by atoms with van der Waals surface area (Å²) in [4.78, 5) is 27.0. The topological polar surface area (TPSA) is 107 Å². The molecule has 0 aliphatic carbocycles. The van der Waals surface area contributed by atoms with Crippen molar-refractivity contribution in [3.05, 3.63) is 67.1 Å². The summed E-state index contributed by atoms with van der Waals surface area (Å²) in [6, 6.07) is 10.3. The number of ether oxygens (including phenoxy) is 2. The summed E-state index contributed by atoms with van der Waals surface area (Å²) in [5.74, 6) is 0.132. The summed E-state index contributed by atoms with van der Waals surface area (Å²) in [5, 5.41) is 8.17. The number of piperidine rings is 1. The van der Waals surface area contributed by atoms with Gasteiger partial charge in [-0.15, -0.1) is 0 Å². The second kappa shape index (κ2) is 11.1. The number of fused-ring (bicyclic) bond motifs is 2. The Labute approximate surface area is 246 Å². The van der Waals surface area contributed by atoms with Crippen LogP contribution in [0.5, 0.6) is 5.75 Å². The minimum absolute atomic E-state index is 0.169. The van der Waals surface area contributed by atoms with Gasteiger partial charge in [0.1, 0.15) is 29.6 Å².